The van der Waals surface area contributed by atoms with Gasteiger partial charge >= 0.3 is 5.97 Å². The fraction of sp³-hybridized carbons (Fsp3) is 0.857. The highest BCUT2D eigenvalue weighted by Crippen LogP contribution is 2.20. The molecular formula is C7H10Cl4O2. The van der Waals surface area contributed by atoms with Crippen molar-refractivity contribution in [2.24, 2.45) is 0 Å². The lowest BCUT2D eigenvalue weighted by molar-refractivity contribution is -0.140. The first-order valence-corrected chi connectivity index (χ1v) is 5.36. The van der Waals surface area contributed by atoms with Crippen molar-refractivity contribution in [3.05, 3.63) is 0 Å². The Hall–Kier alpha value is 0.630. The maximum absolute atomic E-state index is 10.9. The quantitative estimate of drug-likeness (QED) is 0.566. The maximum atomic E-state index is 10.9. The molecular weight excluding hydrogens is 258 g/mol. The summed E-state index contributed by atoms with van der Waals surface area (Å²) in [5, 5.41) is -1.05. The van der Waals surface area contributed by atoms with E-state index in [-0.39, 0.29) is 5.38 Å². The summed E-state index contributed by atoms with van der Waals surface area (Å²) in [5.41, 5.74) is 0. The van der Waals surface area contributed by atoms with Gasteiger partial charge in [-0.3, -0.25) is 4.79 Å². The van der Waals surface area contributed by atoms with E-state index in [2.05, 4.69) is 4.74 Å². The predicted molar refractivity (Wildman–Crippen MR) is 56.0 cm³/mol. The summed E-state index contributed by atoms with van der Waals surface area (Å²) in [5.74, 6) is -0.493. The standard InChI is InChI=1S/C7H10Cl4O2/c1-13-7(12)5(9)2-4(8)3-6(10)11/h4-6H,2-3H2,1H3. The average molecular weight is 268 g/mol. The predicted octanol–water partition coefficient (Wildman–Crippen LogP) is 2.96. The van der Waals surface area contributed by atoms with Crippen molar-refractivity contribution in [2.45, 2.75) is 28.4 Å². The normalized spacial score (nSPS) is 15.5. The molecule has 2 atom stereocenters. The Morgan fingerprint density at radius 3 is 2.15 bits per heavy atom. The van der Waals surface area contributed by atoms with Crippen LogP contribution in [-0.4, -0.2) is 28.7 Å². The van der Waals surface area contributed by atoms with E-state index in [9.17, 15) is 4.79 Å². The van der Waals surface area contributed by atoms with Crippen molar-refractivity contribution in [3.8, 4) is 0 Å². The monoisotopic (exact) mass is 266 g/mol. The topological polar surface area (TPSA) is 26.3 Å². The third kappa shape index (κ3) is 6.67. The Bertz CT molecular complexity index is 163. The zero-order valence-electron chi connectivity index (χ0n) is 6.97. The number of esters is 1. The second-order valence-electron chi connectivity index (χ2n) is 2.45. The van der Waals surface area contributed by atoms with Gasteiger partial charge in [0.1, 0.15) is 10.2 Å². The molecule has 0 spiro atoms. The number of carbonyl (C=O) groups excluding carboxylic acids is 1. The molecule has 0 amide bonds. The number of ether oxygens (including phenoxy) is 1. The van der Waals surface area contributed by atoms with Crippen LogP contribution in [0.25, 0.3) is 0 Å². The molecule has 0 aromatic heterocycles. The van der Waals surface area contributed by atoms with Crippen molar-refractivity contribution in [3.63, 3.8) is 0 Å². The van der Waals surface area contributed by atoms with Crippen molar-refractivity contribution in [1.29, 1.82) is 0 Å². The molecule has 0 saturated heterocycles. The molecule has 13 heavy (non-hydrogen) atoms. The van der Waals surface area contributed by atoms with Gasteiger partial charge in [-0.05, 0) is 12.8 Å². The summed E-state index contributed by atoms with van der Waals surface area (Å²) < 4.78 is 4.42. The molecule has 0 fully saturated rings. The smallest absolute Gasteiger partial charge is 0.323 e. The van der Waals surface area contributed by atoms with Crippen molar-refractivity contribution >= 4 is 52.4 Å². The molecule has 0 aromatic rings. The molecule has 0 aliphatic carbocycles. The molecule has 78 valence electrons. The molecule has 0 aliphatic heterocycles. The van der Waals surface area contributed by atoms with E-state index >= 15 is 0 Å². The van der Waals surface area contributed by atoms with Gasteiger partial charge in [0.2, 0.25) is 0 Å². The lowest BCUT2D eigenvalue weighted by Gasteiger charge is -2.12. The van der Waals surface area contributed by atoms with Gasteiger partial charge in [-0.25, -0.2) is 0 Å². The molecule has 0 N–H and O–H groups in total. The number of rotatable bonds is 5. The fourth-order valence-electron chi connectivity index (χ4n) is 0.738. The van der Waals surface area contributed by atoms with Gasteiger partial charge in [-0.2, -0.15) is 0 Å². The number of alkyl halides is 4. The number of halogens is 4. The summed E-state index contributed by atoms with van der Waals surface area (Å²) in [6.07, 6.45) is 0.691. The molecule has 0 heterocycles. The average Bonchev–Trinajstić information content (AvgIpc) is 2.01. The van der Waals surface area contributed by atoms with Gasteiger partial charge in [0.05, 0.1) is 7.11 Å². The third-order valence-electron chi connectivity index (χ3n) is 1.35. The summed E-state index contributed by atoms with van der Waals surface area (Å²) in [6, 6.07) is 0. The Labute approximate surface area is 97.4 Å². The summed E-state index contributed by atoms with van der Waals surface area (Å²) in [7, 11) is 1.27. The van der Waals surface area contributed by atoms with E-state index in [1.165, 1.54) is 7.11 Å². The van der Waals surface area contributed by atoms with E-state index in [1.54, 1.807) is 0 Å². The van der Waals surface area contributed by atoms with Gasteiger partial charge in [-0.1, -0.05) is 0 Å². The summed E-state index contributed by atoms with van der Waals surface area (Å²) in [4.78, 5) is 10.3. The summed E-state index contributed by atoms with van der Waals surface area (Å²) in [6.45, 7) is 0. The van der Waals surface area contributed by atoms with Gasteiger partial charge in [0, 0.05) is 5.38 Å². The number of hydrogen-bond acceptors (Lipinski definition) is 2. The first-order chi connectivity index (χ1) is 5.97. The van der Waals surface area contributed by atoms with E-state index < -0.39 is 16.2 Å². The molecule has 0 aliphatic rings. The lowest BCUT2D eigenvalue weighted by Crippen LogP contribution is -2.21. The zero-order chi connectivity index (χ0) is 10.4. The second-order valence-corrected chi connectivity index (χ2v) is 4.87. The minimum absolute atomic E-state index is 0.297. The zero-order valence-corrected chi connectivity index (χ0v) is 10.00. The Balaban J connectivity index is 3.77. The van der Waals surface area contributed by atoms with Gasteiger partial charge in [-0.15, -0.1) is 46.4 Å². The highest BCUT2D eigenvalue weighted by Gasteiger charge is 2.21. The first-order valence-electron chi connectivity index (χ1n) is 3.61. The van der Waals surface area contributed by atoms with Crippen LogP contribution in [0.2, 0.25) is 0 Å². The number of carbonyl (C=O) groups is 1. The SMILES string of the molecule is COC(=O)C(Cl)CC(Cl)CC(Cl)Cl. The Morgan fingerprint density at radius 2 is 1.77 bits per heavy atom. The van der Waals surface area contributed by atoms with E-state index in [0.717, 1.165) is 0 Å². The van der Waals surface area contributed by atoms with Gasteiger partial charge in [0.25, 0.3) is 0 Å². The molecule has 2 nitrogen and oxygen atoms in total. The third-order valence-corrected chi connectivity index (χ3v) is 2.42. The lowest BCUT2D eigenvalue weighted by atomic mass is 10.2. The van der Waals surface area contributed by atoms with Crippen LogP contribution in [0.3, 0.4) is 0 Å². The van der Waals surface area contributed by atoms with Crippen LogP contribution in [0.15, 0.2) is 0 Å². The number of methoxy groups -OCH3 is 1. The van der Waals surface area contributed by atoms with Crippen LogP contribution in [0.5, 0.6) is 0 Å². The highest BCUT2D eigenvalue weighted by atomic mass is 35.5. The minimum atomic E-state index is -0.736. The van der Waals surface area contributed by atoms with Gasteiger partial charge < -0.3 is 4.74 Å². The van der Waals surface area contributed by atoms with Crippen LogP contribution < -0.4 is 0 Å². The van der Waals surface area contributed by atoms with Crippen molar-refractivity contribution in [1.82, 2.24) is 0 Å². The summed E-state index contributed by atoms with van der Waals surface area (Å²) >= 11 is 22.5. The molecule has 0 rings (SSSR count). The fourth-order valence-corrected chi connectivity index (χ4v) is 2.10. The van der Waals surface area contributed by atoms with Crippen LogP contribution in [0.4, 0.5) is 0 Å². The van der Waals surface area contributed by atoms with E-state index in [1.807, 2.05) is 0 Å². The molecule has 0 bridgehead atoms. The molecule has 0 radical (unpaired) electrons. The Morgan fingerprint density at radius 1 is 1.23 bits per heavy atom. The Kier molecular flexibility index (Phi) is 7.33. The largest absolute Gasteiger partial charge is 0.468 e. The minimum Gasteiger partial charge on any atom is -0.468 e. The van der Waals surface area contributed by atoms with Crippen LogP contribution in [0.1, 0.15) is 12.8 Å². The van der Waals surface area contributed by atoms with Crippen LogP contribution in [0, 0.1) is 0 Å². The second kappa shape index (κ2) is 6.99. The van der Waals surface area contributed by atoms with Crippen LogP contribution >= 0.6 is 46.4 Å². The first kappa shape index (κ1) is 13.6. The van der Waals surface area contributed by atoms with E-state index in [4.69, 9.17) is 46.4 Å². The van der Waals surface area contributed by atoms with Crippen LogP contribution in [-0.2, 0) is 9.53 Å². The van der Waals surface area contributed by atoms with Crippen molar-refractivity contribution < 1.29 is 9.53 Å². The molecule has 6 heteroatoms. The van der Waals surface area contributed by atoms with Crippen molar-refractivity contribution in [2.75, 3.05) is 7.11 Å². The highest BCUT2D eigenvalue weighted by molar-refractivity contribution is 6.44. The number of hydrogen-bond donors (Lipinski definition) is 0. The molecule has 0 aromatic carbocycles. The molecule has 0 saturated carbocycles. The molecule has 2 unspecified atom stereocenters. The van der Waals surface area contributed by atoms with E-state index in [0.29, 0.717) is 12.8 Å². The maximum Gasteiger partial charge on any atom is 0.323 e. The van der Waals surface area contributed by atoms with Gasteiger partial charge in [0.15, 0.2) is 0 Å².